The Morgan fingerprint density at radius 3 is 2.83 bits per heavy atom. The molecule has 124 valence electrons. The van der Waals surface area contributed by atoms with Crippen molar-refractivity contribution in [2.45, 2.75) is 32.1 Å². The molecule has 2 amide bonds. The Morgan fingerprint density at radius 2 is 2.13 bits per heavy atom. The molecule has 1 aromatic rings. The number of amides is 2. The number of aromatic nitrogens is 1. The molecule has 2 aliphatic heterocycles. The lowest BCUT2D eigenvalue weighted by molar-refractivity contribution is -0.145. The van der Waals surface area contributed by atoms with Crippen LogP contribution >= 0.6 is 0 Å². The first kappa shape index (κ1) is 14.8. The fourth-order valence-corrected chi connectivity index (χ4v) is 4.21. The molecule has 0 aromatic carbocycles. The highest BCUT2D eigenvalue weighted by Gasteiger charge is 2.50. The van der Waals surface area contributed by atoms with Crippen molar-refractivity contribution in [3.8, 4) is 0 Å². The van der Waals surface area contributed by atoms with Crippen molar-refractivity contribution in [2.24, 2.45) is 18.4 Å². The van der Waals surface area contributed by atoms with Crippen LogP contribution in [-0.4, -0.2) is 52.4 Å². The summed E-state index contributed by atoms with van der Waals surface area (Å²) in [6.45, 7) is 3.14. The van der Waals surface area contributed by atoms with Crippen LogP contribution in [0.3, 0.4) is 0 Å². The molecule has 1 aromatic heterocycles. The van der Waals surface area contributed by atoms with Gasteiger partial charge in [0.25, 0.3) is 5.91 Å². The summed E-state index contributed by atoms with van der Waals surface area (Å²) in [4.78, 5) is 29.7. The van der Waals surface area contributed by atoms with Crippen LogP contribution in [0.1, 0.15) is 42.6 Å². The normalized spacial score (nSPS) is 28.0. The SMILES string of the molecule is Cn1cccc1C(=O)N1CC[C@]2(CCCN(CC3CC3)C2=O)C1. The third kappa shape index (κ3) is 2.56. The van der Waals surface area contributed by atoms with Gasteiger partial charge in [-0.05, 0) is 50.2 Å². The molecule has 0 radical (unpaired) electrons. The molecule has 2 saturated heterocycles. The van der Waals surface area contributed by atoms with E-state index in [0.29, 0.717) is 24.7 Å². The molecule has 1 saturated carbocycles. The first-order valence-corrected chi connectivity index (χ1v) is 8.79. The summed E-state index contributed by atoms with van der Waals surface area (Å²) in [5.41, 5.74) is 0.397. The van der Waals surface area contributed by atoms with Gasteiger partial charge in [-0.25, -0.2) is 0 Å². The van der Waals surface area contributed by atoms with Gasteiger partial charge in [0.1, 0.15) is 5.69 Å². The first-order chi connectivity index (χ1) is 11.1. The van der Waals surface area contributed by atoms with E-state index in [9.17, 15) is 9.59 Å². The quantitative estimate of drug-likeness (QED) is 0.855. The Kier molecular flexibility index (Phi) is 3.47. The maximum atomic E-state index is 13.0. The number of carbonyl (C=O) groups excluding carboxylic acids is 2. The molecule has 5 nitrogen and oxygen atoms in total. The van der Waals surface area contributed by atoms with Crippen LogP contribution in [0.5, 0.6) is 0 Å². The molecule has 1 spiro atoms. The standard InChI is InChI=1S/C18H25N3O2/c1-19-9-2-4-15(19)16(22)21-11-8-18(13-21)7-3-10-20(17(18)23)12-14-5-6-14/h2,4,9,14H,3,5-8,10-13H2,1H3/t18-/m1/s1. The number of piperidine rings is 1. The number of likely N-dealkylation sites (tertiary alicyclic amines) is 2. The summed E-state index contributed by atoms with van der Waals surface area (Å²) in [7, 11) is 1.89. The van der Waals surface area contributed by atoms with Crippen molar-refractivity contribution >= 4 is 11.8 Å². The number of nitrogens with zero attached hydrogens (tertiary/aromatic N) is 3. The van der Waals surface area contributed by atoms with E-state index in [-0.39, 0.29) is 11.3 Å². The maximum Gasteiger partial charge on any atom is 0.270 e. The van der Waals surface area contributed by atoms with Gasteiger partial charge in [0.2, 0.25) is 5.91 Å². The Bertz CT molecular complexity index is 634. The fraction of sp³-hybridized carbons (Fsp3) is 0.667. The van der Waals surface area contributed by atoms with Gasteiger partial charge in [0.15, 0.2) is 0 Å². The summed E-state index contributed by atoms with van der Waals surface area (Å²) < 4.78 is 1.86. The molecule has 3 fully saturated rings. The molecule has 4 rings (SSSR count). The zero-order valence-electron chi connectivity index (χ0n) is 13.8. The summed E-state index contributed by atoms with van der Waals surface area (Å²) in [5, 5.41) is 0. The van der Waals surface area contributed by atoms with E-state index < -0.39 is 0 Å². The predicted octanol–water partition coefficient (Wildman–Crippen LogP) is 1.89. The minimum Gasteiger partial charge on any atom is -0.347 e. The number of hydrogen-bond donors (Lipinski definition) is 0. The number of rotatable bonds is 3. The van der Waals surface area contributed by atoms with Crippen LogP contribution < -0.4 is 0 Å². The van der Waals surface area contributed by atoms with E-state index >= 15 is 0 Å². The molecule has 1 aliphatic carbocycles. The average molecular weight is 315 g/mol. The Hall–Kier alpha value is -1.78. The maximum absolute atomic E-state index is 13.0. The molecule has 1 atom stereocenters. The Balaban J connectivity index is 1.48. The summed E-state index contributed by atoms with van der Waals surface area (Å²) in [5.74, 6) is 1.09. The highest BCUT2D eigenvalue weighted by atomic mass is 16.2. The first-order valence-electron chi connectivity index (χ1n) is 8.79. The molecular weight excluding hydrogens is 290 g/mol. The lowest BCUT2D eigenvalue weighted by Crippen LogP contribution is -2.51. The van der Waals surface area contributed by atoms with E-state index in [2.05, 4.69) is 4.90 Å². The van der Waals surface area contributed by atoms with Crippen LogP contribution in [0.2, 0.25) is 0 Å². The van der Waals surface area contributed by atoms with Crippen LogP contribution in [-0.2, 0) is 11.8 Å². The van der Waals surface area contributed by atoms with E-state index in [0.717, 1.165) is 38.3 Å². The molecule has 23 heavy (non-hydrogen) atoms. The van der Waals surface area contributed by atoms with Gasteiger partial charge in [0.05, 0.1) is 5.41 Å². The zero-order chi connectivity index (χ0) is 16.0. The van der Waals surface area contributed by atoms with Crippen molar-refractivity contribution in [2.75, 3.05) is 26.2 Å². The highest BCUT2D eigenvalue weighted by molar-refractivity contribution is 5.94. The van der Waals surface area contributed by atoms with Gasteiger partial charge in [-0.1, -0.05) is 0 Å². The van der Waals surface area contributed by atoms with Crippen molar-refractivity contribution < 1.29 is 9.59 Å². The van der Waals surface area contributed by atoms with Crippen LogP contribution in [0.15, 0.2) is 18.3 Å². The minimum atomic E-state index is -0.312. The number of aryl methyl sites for hydroxylation is 1. The van der Waals surface area contributed by atoms with Crippen LogP contribution in [0, 0.1) is 11.3 Å². The third-order valence-corrected chi connectivity index (χ3v) is 5.80. The lowest BCUT2D eigenvalue weighted by atomic mass is 9.78. The second kappa shape index (κ2) is 5.39. The minimum absolute atomic E-state index is 0.0569. The van der Waals surface area contributed by atoms with E-state index in [1.54, 1.807) is 0 Å². The topological polar surface area (TPSA) is 45.6 Å². The number of hydrogen-bond acceptors (Lipinski definition) is 2. The van der Waals surface area contributed by atoms with Crippen LogP contribution in [0.25, 0.3) is 0 Å². The van der Waals surface area contributed by atoms with Gasteiger partial charge in [-0.15, -0.1) is 0 Å². The van der Waals surface area contributed by atoms with Gasteiger partial charge in [-0.2, -0.15) is 0 Å². The lowest BCUT2D eigenvalue weighted by Gasteiger charge is -2.39. The summed E-state index contributed by atoms with van der Waals surface area (Å²) >= 11 is 0. The van der Waals surface area contributed by atoms with Crippen molar-refractivity contribution in [1.29, 1.82) is 0 Å². The smallest absolute Gasteiger partial charge is 0.270 e. The molecule has 0 bridgehead atoms. The van der Waals surface area contributed by atoms with Crippen LogP contribution in [0.4, 0.5) is 0 Å². The van der Waals surface area contributed by atoms with Crippen molar-refractivity contribution in [3.05, 3.63) is 24.0 Å². The molecule has 0 unspecified atom stereocenters. The van der Waals surface area contributed by atoms with Gasteiger partial charge in [-0.3, -0.25) is 9.59 Å². The summed E-state index contributed by atoms with van der Waals surface area (Å²) in [6, 6.07) is 3.75. The largest absolute Gasteiger partial charge is 0.347 e. The van der Waals surface area contributed by atoms with E-state index in [1.807, 2.05) is 34.8 Å². The highest BCUT2D eigenvalue weighted by Crippen LogP contribution is 2.42. The average Bonchev–Trinajstić information content (AvgIpc) is 3.08. The number of carbonyl (C=O) groups is 2. The van der Waals surface area contributed by atoms with Gasteiger partial charge in [0, 0.05) is 39.4 Å². The van der Waals surface area contributed by atoms with Crippen molar-refractivity contribution in [3.63, 3.8) is 0 Å². The van der Waals surface area contributed by atoms with Gasteiger partial charge >= 0.3 is 0 Å². The molecule has 5 heteroatoms. The second-order valence-electron chi connectivity index (χ2n) is 7.56. The molecule has 3 aliphatic rings. The molecule has 3 heterocycles. The zero-order valence-corrected chi connectivity index (χ0v) is 13.8. The molecule has 0 N–H and O–H groups in total. The molecular formula is C18H25N3O2. The second-order valence-corrected chi connectivity index (χ2v) is 7.56. The monoisotopic (exact) mass is 315 g/mol. The van der Waals surface area contributed by atoms with Gasteiger partial charge < -0.3 is 14.4 Å². The van der Waals surface area contributed by atoms with E-state index in [1.165, 1.54) is 12.8 Å². The fourth-order valence-electron chi connectivity index (χ4n) is 4.21. The predicted molar refractivity (Wildman–Crippen MR) is 86.9 cm³/mol. The summed E-state index contributed by atoms with van der Waals surface area (Å²) in [6.07, 6.45) is 7.27. The Labute approximate surface area is 137 Å². The van der Waals surface area contributed by atoms with E-state index in [4.69, 9.17) is 0 Å². The third-order valence-electron chi connectivity index (χ3n) is 5.80. The van der Waals surface area contributed by atoms with Crippen molar-refractivity contribution in [1.82, 2.24) is 14.4 Å². The Morgan fingerprint density at radius 1 is 1.30 bits per heavy atom.